The Kier molecular flexibility index (Phi) is 1.76. The van der Waals surface area contributed by atoms with Gasteiger partial charge in [-0.1, -0.05) is 11.6 Å². The van der Waals surface area contributed by atoms with Crippen molar-refractivity contribution in [3.05, 3.63) is 11.6 Å². The third-order valence-corrected chi connectivity index (χ3v) is 3.03. The van der Waals surface area contributed by atoms with Crippen LogP contribution in [0.4, 0.5) is 0 Å². The van der Waals surface area contributed by atoms with Crippen molar-refractivity contribution in [2.24, 2.45) is 0 Å². The van der Waals surface area contributed by atoms with Crippen LogP contribution >= 0.6 is 0 Å². The maximum absolute atomic E-state index is 2.65. The summed E-state index contributed by atoms with van der Waals surface area (Å²) in [5.74, 6) is 0. The van der Waals surface area contributed by atoms with E-state index in [1.807, 2.05) is 0 Å². The van der Waals surface area contributed by atoms with Crippen LogP contribution in [-0.2, 0) is 0 Å². The molecule has 0 amide bonds. The molecule has 2 unspecified atom stereocenters. The Morgan fingerprint density at radius 2 is 2.36 bits per heavy atom. The highest BCUT2D eigenvalue weighted by Crippen LogP contribution is 2.29. The zero-order chi connectivity index (χ0) is 7.84. The molecule has 1 heteroatoms. The van der Waals surface area contributed by atoms with Gasteiger partial charge in [-0.15, -0.1) is 0 Å². The van der Waals surface area contributed by atoms with Crippen LogP contribution in [0.25, 0.3) is 0 Å². The molecule has 0 aromatic heterocycles. The fourth-order valence-corrected chi connectivity index (χ4v) is 2.56. The van der Waals surface area contributed by atoms with Crippen molar-refractivity contribution in [3.8, 4) is 0 Å². The van der Waals surface area contributed by atoms with E-state index < -0.39 is 0 Å². The molecule has 0 aliphatic carbocycles. The van der Waals surface area contributed by atoms with E-state index in [0.717, 1.165) is 6.04 Å². The molecule has 2 aliphatic heterocycles. The predicted octanol–water partition coefficient (Wildman–Crippen LogP) is 2.19. The van der Waals surface area contributed by atoms with Crippen LogP contribution < -0.4 is 0 Å². The van der Waals surface area contributed by atoms with Gasteiger partial charge in [0.1, 0.15) is 0 Å². The van der Waals surface area contributed by atoms with Gasteiger partial charge in [-0.25, -0.2) is 0 Å². The largest absolute Gasteiger partial charge is 0.294 e. The fourth-order valence-electron chi connectivity index (χ4n) is 2.56. The highest BCUT2D eigenvalue weighted by molar-refractivity contribution is 5.12. The average molecular weight is 151 g/mol. The average Bonchev–Trinajstić information content (AvgIpc) is 2.34. The van der Waals surface area contributed by atoms with Gasteiger partial charge >= 0.3 is 0 Å². The van der Waals surface area contributed by atoms with Crippen LogP contribution in [0.5, 0.6) is 0 Å². The molecule has 1 nitrogen and oxygen atoms in total. The molecule has 62 valence electrons. The summed E-state index contributed by atoms with van der Waals surface area (Å²) >= 11 is 0. The lowest BCUT2D eigenvalue weighted by Crippen LogP contribution is -2.39. The van der Waals surface area contributed by atoms with E-state index in [9.17, 15) is 0 Å². The Labute approximate surface area is 69.1 Å². The lowest BCUT2D eigenvalue weighted by atomic mass is 9.98. The number of hydrogen-bond donors (Lipinski definition) is 0. The molecule has 2 atom stereocenters. The van der Waals surface area contributed by atoms with Crippen molar-refractivity contribution in [1.82, 2.24) is 4.90 Å². The number of fused-ring (bicyclic) bond motifs is 1. The fraction of sp³-hybridized carbons (Fsp3) is 0.800. The first kappa shape index (κ1) is 7.35. The molecule has 0 N–H and O–H groups in total. The third kappa shape index (κ3) is 1.22. The molecule has 0 aromatic carbocycles. The van der Waals surface area contributed by atoms with Crippen molar-refractivity contribution < 1.29 is 0 Å². The zero-order valence-electron chi connectivity index (χ0n) is 7.51. The summed E-state index contributed by atoms with van der Waals surface area (Å²) in [5.41, 5.74) is 1.60. The summed E-state index contributed by atoms with van der Waals surface area (Å²) < 4.78 is 0. The molecule has 0 bridgehead atoms. The van der Waals surface area contributed by atoms with Gasteiger partial charge in [0.25, 0.3) is 0 Å². The predicted molar refractivity (Wildman–Crippen MR) is 47.6 cm³/mol. The van der Waals surface area contributed by atoms with Gasteiger partial charge in [-0.3, -0.25) is 4.90 Å². The van der Waals surface area contributed by atoms with Crippen molar-refractivity contribution in [2.75, 3.05) is 6.54 Å². The summed E-state index contributed by atoms with van der Waals surface area (Å²) in [4.78, 5) is 2.65. The maximum atomic E-state index is 2.65. The first-order chi connectivity index (χ1) is 5.27. The van der Waals surface area contributed by atoms with Crippen LogP contribution in [0.1, 0.15) is 33.1 Å². The first-order valence-electron chi connectivity index (χ1n) is 4.70. The van der Waals surface area contributed by atoms with E-state index in [2.05, 4.69) is 24.8 Å². The van der Waals surface area contributed by atoms with E-state index >= 15 is 0 Å². The second-order valence-corrected chi connectivity index (χ2v) is 3.99. The molecule has 11 heavy (non-hydrogen) atoms. The normalized spacial score (nSPS) is 38.5. The van der Waals surface area contributed by atoms with E-state index in [-0.39, 0.29) is 0 Å². The molecule has 2 aliphatic rings. The van der Waals surface area contributed by atoms with E-state index in [1.165, 1.54) is 25.8 Å². The highest BCUT2D eigenvalue weighted by atomic mass is 15.2. The van der Waals surface area contributed by atoms with Crippen LogP contribution in [0, 0.1) is 0 Å². The van der Waals surface area contributed by atoms with Gasteiger partial charge in [0.15, 0.2) is 0 Å². The van der Waals surface area contributed by atoms with E-state index in [1.54, 1.807) is 5.57 Å². The molecule has 2 heterocycles. The van der Waals surface area contributed by atoms with Gasteiger partial charge in [-0.05, 0) is 39.7 Å². The van der Waals surface area contributed by atoms with Crippen molar-refractivity contribution in [1.29, 1.82) is 0 Å². The van der Waals surface area contributed by atoms with E-state index in [4.69, 9.17) is 0 Å². The summed E-state index contributed by atoms with van der Waals surface area (Å²) in [6, 6.07) is 1.59. The third-order valence-electron chi connectivity index (χ3n) is 3.03. The summed E-state index contributed by atoms with van der Waals surface area (Å²) in [7, 11) is 0. The SMILES string of the molecule is CC1=CC(C)N2CCCC2C1. The topological polar surface area (TPSA) is 3.24 Å². The van der Waals surface area contributed by atoms with Crippen LogP contribution in [0.3, 0.4) is 0 Å². The molecule has 1 fully saturated rings. The molecule has 0 aromatic rings. The summed E-state index contributed by atoms with van der Waals surface area (Å²) in [5, 5.41) is 0. The Morgan fingerprint density at radius 1 is 1.55 bits per heavy atom. The van der Waals surface area contributed by atoms with Crippen LogP contribution in [-0.4, -0.2) is 23.5 Å². The lowest BCUT2D eigenvalue weighted by molar-refractivity contribution is 0.207. The number of nitrogens with zero attached hydrogens (tertiary/aromatic N) is 1. The molecule has 0 spiro atoms. The van der Waals surface area contributed by atoms with Gasteiger partial charge in [0.2, 0.25) is 0 Å². The molecule has 2 rings (SSSR count). The smallest absolute Gasteiger partial charge is 0.0255 e. The quantitative estimate of drug-likeness (QED) is 0.480. The van der Waals surface area contributed by atoms with Crippen molar-refractivity contribution in [2.45, 2.75) is 45.2 Å². The number of rotatable bonds is 0. The summed E-state index contributed by atoms with van der Waals surface area (Å²) in [6.07, 6.45) is 6.58. The van der Waals surface area contributed by atoms with Gasteiger partial charge in [-0.2, -0.15) is 0 Å². The monoisotopic (exact) mass is 151 g/mol. The Hall–Kier alpha value is -0.300. The Morgan fingerprint density at radius 3 is 3.18 bits per heavy atom. The zero-order valence-corrected chi connectivity index (χ0v) is 7.51. The second-order valence-electron chi connectivity index (χ2n) is 3.99. The first-order valence-corrected chi connectivity index (χ1v) is 4.70. The Balaban J connectivity index is 2.16. The second kappa shape index (κ2) is 2.63. The molecular weight excluding hydrogens is 134 g/mol. The van der Waals surface area contributed by atoms with Crippen molar-refractivity contribution in [3.63, 3.8) is 0 Å². The molecule has 0 saturated carbocycles. The van der Waals surface area contributed by atoms with Crippen LogP contribution in [0.2, 0.25) is 0 Å². The highest BCUT2D eigenvalue weighted by Gasteiger charge is 2.30. The Bertz CT molecular complexity index is 183. The van der Waals surface area contributed by atoms with Crippen LogP contribution in [0.15, 0.2) is 11.6 Å². The van der Waals surface area contributed by atoms with Crippen molar-refractivity contribution >= 4 is 0 Å². The summed E-state index contributed by atoms with van der Waals surface area (Å²) in [6.45, 7) is 5.92. The van der Waals surface area contributed by atoms with Gasteiger partial charge in [0, 0.05) is 12.1 Å². The van der Waals surface area contributed by atoms with Gasteiger partial charge in [0.05, 0.1) is 0 Å². The van der Waals surface area contributed by atoms with E-state index in [0.29, 0.717) is 6.04 Å². The minimum absolute atomic E-state index is 0.705. The lowest BCUT2D eigenvalue weighted by Gasteiger charge is -2.33. The standard InChI is InChI=1S/C10H17N/c1-8-6-9(2)11-5-3-4-10(11)7-8/h6,9-10H,3-5,7H2,1-2H3. The molecule has 0 radical (unpaired) electrons. The number of hydrogen-bond acceptors (Lipinski definition) is 1. The minimum atomic E-state index is 0.705. The maximum Gasteiger partial charge on any atom is 0.0255 e. The van der Waals surface area contributed by atoms with Gasteiger partial charge < -0.3 is 0 Å². The molecule has 1 saturated heterocycles. The minimum Gasteiger partial charge on any atom is -0.294 e. The molecular formula is C10H17N.